The smallest absolute Gasteiger partial charge is 0.186 e. The third-order valence-electron chi connectivity index (χ3n) is 2.61. The molecule has 1 heterocycles. The molecule has 0 fully saturated rings. The third-order valence-corrected chi connectivity index (χ3v) is 2.61. The maximum absolute atomic E-state index is 11.2. The fraction of sp³-hybridized carbons (Fsp3) is 0. The lowest BCUT2D eigenvalue weighted by atomic mass is 10.1. The topological polar surface area (TPSA) is 70.7 Å². The van der Waals surface area contributed by atoms with Crippen molar-refractivity contribution in [1.82, 2.24) is 0 Å². The zero-order valence-electron chi connectivity index (χ0n) is 8.68. The van der Waals surface area contributed by atoms with Gasteiger partial charge in [-0.3, -0.25) is 4.79 Å². The highest BCUT2D eigenvalue weighted by Gasteiger charge is 2.12. The van der Waals surface area contributed by atoms with Crippen LogP contribution in [0.1, 0.15) is 0 Å². The van der Waals surface area contributed by atoms with Gasteiger partial charge in [-0.1, -0.05) is 0 Å². The SMILES string of the molecule is O=c1cc2oc3cc(O)ccc3cc-2c(O)c1. The van der Waals surface area contributed by atoms with Crippen molar-refractivity contribution < 1.29 is 14.6 Å². The lowest BCUT2D eigenvalue weighted by Crippen LogP contribution is -1.98. The summed E-state index contributed by atoms with van der Waals surface area (Å²) in [6.07, 6.45) is 0. The first-order valence-electron chi connectivity index (χ1n) is 5.03. The molecule has 4 heteroatoms. The number of rotatable bonds is 0. The number of phenolic OH excluding ortho intramolecular Hbond substituents is 2. The van der Waals surface area contributed by atoms with Crippen molar-refractivity contribution in [2.75, 3.05) is 0 Å². The summed E-state index contributed by atoms with van der Waals surface area (Å²) in [6, 6.07) is 8.83. The maximum Gasteiger partial charge on any atom is 0.186 e. The van der Waals surface area contributed by atoms with Crippen molar-refractivity contribution in [3.05, 3.63) is 46.6 Å². The van der Waals surface area contributed by atoms with Gasteiger partial charge >= 0.3 is 0 Å². The summed E-state index contributed by atoms with van der Waals surface area (Å²) in [5, 5.41) is 19.7. The van der Waals surface area contributed by atoms with E-state index in [0.717, 1.165) is 11.5 Å². The second kappa shape index (κ2) is 3.25. The van der Waals surface area contributed by atoms with Crippen LogP contribution in [-0.4, -0.2) is 10.2 Å². The quantitative estimate of drug-likeness (QED) is 0.579. The van der Waals surface area contributed by atoms with Crippen LogP contribution in [0.15, 0.2) is 45.6 Å². The molecular weight excluding hydrogens is 220 g/mol. The van der Waals surface area contributed by atoms with Gasteiger partial charge in [0.25, 0.3) is 0 Å². The lowest BCUT2D eigenvalue weighted by Gasteiger charge is -2.08. The fourth-order valence-corrected chi connectivity index (χ4v) is 1.82. The highest BCUT2D eigenvalue weighted by atomic mass is 16.3. The van der Waals surface area contributed by atoms with Gasteiger partial charge in [-0.05, 0) is 18.2 Å². The molecule has 0 atom stereocenters. The zero-order valence-corrected chi connectivity index (χ0v) is 8.68. The van der Waals surface area contributed by atoms with Gasteiger partial charge in [-0.25, -0.2) is 0 Å². The van der Waals surface area contributed by atoms with Gasteiger partial charge in [0.05, 0.1) is 5.56 Å². The van der Waals surface area contributed by atoms with Crippen molar-refractivity contribution in [2.45, 2.75) is 0 Å². The summed E-state index contributed by atoms with van der Waals surface area (Å²) in [7, 11) is 0. The fourth-order valence-electron chi connectivity index (χ4n) is 1.82. The summed E-state index contributed by atoms with van der Waals surface area (Å²) in [5.74, 6) is 0.280. The normalized spacial score (nSPS) is 11.1. The first kappa shape index (κ1) is 9.72. The van der Waals surface area contributed by atoms with Crippen LogP contribution < -0.4 is 5.43 Å². The minimum atomic E-state index is -0.321. The second-order valence-corrected chi connectivity index (χ2v) is 3.82. The van der Waals surface area contributed by atoms with E-state index in [4.69, 9.17) is 4.42 Å². The number of hydrogen-bond donors (Lipinski definition) is 2. The van der Waals surface area contributed by atoms with Crippen molar-refractivity contribution in [1.29, 1.82) is 0 Å². The number of benzene rings is 2. The second-order valence-electron chi connectivity index (χ2n) is 3.82. The summed E-state index contributed by atoms with van der Waals surface area (Å²) >= 11 is 0. The first-order valence-corrected chi connectivity index (χ1v) is 5.03. The Bertz CT molecular complexity index is 742. The monoisotopic (exact) mass is 228 g/mol. The van der Waals surface area contributed by atoms with Crippen molar-refractivity contribution in [2.24, 2.45) is 0 Å². The first-order chi connectivity index (χ1) is 8.13. The molecule has 1 aromatic rings. The third kappa shape index (κ3) is 1.50. The van der Waals surface area contributed by atoms with E-state index >= 15 is 0 Å². The molecule has 4 nitrogen and oxygen atoms in total. The van der Waals surface area contributed by atoms with Crippen LogP contribution in [0.3, 0.4) is 0 Å². The Morgan fingerprint density at radius 1 is 1.00 bits per heavy atom. The molecule has 1 aromatic carbocycles. The molecule has 0 saturated carbocycles. The van der Waals surface area contributed by atoms with E-state index in [1.165, 1.54) is 18.2 Å². The van der Waals surface area contributed by atoms with Gasteiger partial charge in [0.1, 0.15) is 22.8 Å². The molecule has 2 aliphatic rings. The summed E-state index contributed by atoms with van der Waals surface area (Å²) in [6.45, 7) is 0. The van der Waals surface area contributed by atoms with Gasteiger partial charge in [0, 0.05) is 23.6 Å². The molecule has 0 radical (unpaired) electrons. The largest absolute Gasteiger partial charge is 0.508 e. The average molecular weight is 228 g/mol. The van der Waals surface area contributed by atoms with E-state index in [9.17, 15) is 15.0 Å². The standard InChI is InChI=1S/C13H8O4/c14-8-2-1-7-3-10-11(16)4-9(15)6-13(10)17-12(7)5-8/h1-6,14,16H. The van der Waals surface area contributed by atoms with Crippen LogP contribution >= 0.6 is 0 Å². The van der Waals surface area contributed by atoms with Gasteiger partial charge in [0.2, 0.25) is 0 Å². The van der Waals surface area contributed by atoms with E-state index in [1.807, 2.05) is 0 Å². The minimum absolute atomic E-state index is 0.0862. The van der Waals surface area contributed by atoms with E-state index in [0.29, 0.717) is 16.9 Å². The molecule has 1 aliphatic heterocycles. The van der Waals surface area contributed by atoms with Crippen LogP contribution in [-0.2, 0) is 0 Å². The van der Waals surface area contributed by atoms with E-state index in [-0.39, 0.29) is 16.9 Å². The Kier molecular flexibility index (Phi) is 1.86. The molecule has 0 saturated heterocycles. The number of phenols is 2. The summed E-state index contributed by atoms with van der Waals surface area (Å²) in [5.41, 5.74) is 0.614. The van der Waals surface area contributed by atoms with Gasteiger partial charge in [-0.2, -0.15) is 0 Å². The van der Waals surface area contributed by atoms with Gasteiger partial charge in [-0.15, -0.1) is 0 Å². The van der Waals surface area contributed by atoms with E-state index in [2.05, 4.69) is 0 Å². The summed E-state index contributed by atoms with van der Waals surface area (Å²) in [4.78, 5) is 11.2. The molecule has 2 N–H and O–H groups in total. The number of aromatic hydroxyl groups is 2. The predicted octanol–water partition coefficient (Wildman–Crippen LogP) is 2.31. The Morgan fingerprint density at radius 2 is 1.82 bits per heavy atom. The molecule has 0 spiro atoms. The molecule has 84 valence electrons. The van der Waals surface area contributed by atoms with Gasteiger partial charge in [0.15, 0.2) is 5.43 Å². The van der Waals surface area contributed by atoms with Crippen molar-refractivity contribution >= 4 is 11.0 Å². The molecule has 3 rings (SSSR count). The zero-order chi connectivity index (χ0) is 12.0. The Labute approximate surface area is 95.7 Å². The summed E-state index contributed by atoms with van der Waals surface area (Å²) < 4.78 is 5.47. The van der Waals surface area contributed by atoms with Crippen LogP contribution in [0, 0.1) is 0 Å². The molecule has 0 bridgehead atoms. The molecule has 0 unspecified atom stereocenters. The van der Waals surface area contributed by atoms with Crippen LogP contribution in [0.4, 0.5) is 0 Å². The van der Waals surface area contributed by atoms with Gasteiger partial charge < -0.3 is 14.6 Å². The predicted molar refractivity (Wildman–Crippen MR) is 62.4 cm³/mol. The van der Waals surface area contributed by atoms with E-state index < -0.39 is 0 Å². The minimum Gasteiger partial charge on any atom is -0.508 e. The number of hydrogen-bond acceptors (Lipinski definition) is 4. The molecular formula is C13H8O4. The van der Waals surface area contributed by atoms with Crippen LogP contribution in [0.2, 0.25) is 0 Å². The Hall–Kier alpha value is -2.49. The van der Waals surface area contributed by atoms with Crippen LogP contribution in [0.5, 0.6) is 11.5 Å². The maximum atomic E-state index is 11.2. The highest BCUT2D eigenvalue weighted by Crippen LogP contribution is 2.34. The molecule has 0 aromatic heterocycles. The molecule has 1 aliphatic carbocycles. The van der Waals surface area contributed by atoms with E-state index in [1.54, 1.807) is 12.1 Å². The Balaban J connectivity index is 2.49. The van der Waals surface area contributed by atoms with Crippen LogP contribution in [0.25, 0.3) is 22.3 Å². The number of fused-ring (bicyclic) bond motifs is 2. The molecule has 17 heavy (non-hydrogen) atoms. The highest BCUT2D eigenvalue weighted by molar-refractivity contribution is 5.85. The van der Waals surface area contributed by atoms with Crippen molar-refractivity contribution in [3.8, 4) is 22.8 Å². The lowest BCUT2D eigenvalue weighted by molar-refractivity contribution is 0.471. The Morgan fingerprint density at radius 3 is 2.65 bits per heavy atom. The molecule has 0 amide bonds. The van der Waals surface area contributed by atoms with Crippen molar-refractivity contribution in [3.63, 3.8) is 0 Å². The average Bonchev–Trinajstić information content (AvgIpc) is 2.26.